The van der Waals surface area contributed by atoms with Crippen molar-refractivity contribution in [2.75, 3.05) is 19.7 Å². The van der Waals surface area contributed by atoms with Crippen molar-refractivity contribution in [3.63, 3.8) is 0 Å². The van der Waals surface area contributed by atoms with E-state index in [0.717, 1.165) is 29.4 Å². The Hall–Kier alpha value is -2.79. The number of carbonyl (C=O) groups is 1. The summed E-state index contributed by atoms with van der Waals surface area (Å²) in [6, 6.07) is 13.0. The third-order valence-electron chi connectivity index (χ3n) is 6.06. The maximum atomic E-state index is 13.7. The van der Waals surface area contributed by atoms with Gasteiger partial charge in [0.05, 0.1) is 12.2 Å². The van der Waals surface area contributed by atoms with Crippen LogP contribution in [0.5, 0.6) is 0 Å². The van der Waals surface area contributed by atoms with Gasteiger partial charge in [-0.15, -0.1) is 0 Å². The normalized spacial score (nSPS) is 22.0. The lowest BCUT2D eigenvalue weighted by Gasteiger charge is -2.44. The fourth-order valence-corrected chi connectivity index (χ4v) is 4.40. The number of benzene rings is 1. The summed E-state index contributed by atoms with van der Waals surface area (Å²) >= 11 is 0. The Balaban J connectivity index is 1.56. The topological polar surface area (TPSA) is 48.6 Å². The largest absolute Gasteiger partial charge is 0.497 e. The number of amides is 1. The van der Waals surface area contributed by atoms with Gasteiger partial charge in [0.1, 0.15) is 5.76 Å². The fraction of sp³-hybridized carbons (Fsp3) is 0.400. The minimum atomic E-state index is 0.0691. The summed E-state index contributed by atoms with van der Waals surface area (Å²) < 4.78 is 5.90. The summed E-state index contributed by atoms with van der Waals surface area (Å²) in [5.41, 5.74) is 1.99. The van der Waals surface area contributed by atoms with Gasteiger partial charge in [0.15, 0.2) is 0 Å². The summed E-state index contributed by atoms with van der Waals surface area (Å²) in [4.78, 5) is 21.4. The Morgan fingerprint density at radius 2 is 1.93 bits per heavy atom. The smallest absolute Gasteiger partial charge is 0.257 e. The van der Waals surface area contributed by atoms with Gasteiger partial charge in [0, 0.05) is 49.7 Å². The van der Waals surface area contributed by atoms with Crippen LogP contribution in [0.1, 0.15) is 32.8 Å². The average molecular weight is 406 g/mol. The third kappa shape index (κ3) is 4.21. The number of aromatic nitrogens is 1. The molecular weight excluding hydrogens is 374 g/mol. The molecule has 1 aliphatic heterocycles. The molecule has 1 aromatic heterocycles. The lowest BCUT2D eigenvalue weighted by atomic mass is 10.0. The predicted molar refractivity (Wildman–Crippen MR) is 120 cm³/mol. The van der Waals surface area contributed by atoms with Crippen LogP contribution in [0.25, 0.3) is 12.2 Å². The molecular formula is C25H31N3O2. The van der Waals surface area contributed by atoms with Crippen LogP contribution in [0.2, 0.25) is 0 Å². The van der Waals surface area contributed by atoms with Gasteiger partial charge in [0.2, 0.25) is 0 Å². The molecule has 2 aliphatic rings. The van der Waals surface area contributed by atoms with Crippen molar-refractivity contribution in [2.45, 2.75) is 45.8 Å². The van der Waals surface area contributed by atoms with Gasteiger partial charge in [-0.1, -0.05) is 36.4 Å². The second-order valence-corrected chi connectivity index (χ2v) is 8.24. The van der Waals surface area contributed by atoms with E-state index >= 15 is 0 Å². The van der Waals surface area contributed by atoms with Crippen molar-refractivity contribution in [1.82, 2.24) is 14.8 Å². The fourth-order valence-electron chi connectivity index (χ4n) is 4.40. The summed E-state index contributed by atoms with van der Waals surface area (Å²) in [5.74, 6) is 0.832. The molecule has 0 bridgehead atoms. The second-order valence-electron chi connectivity index (χ2n) is 8.24. The molecule has 4 rings (SSSR count). The Morgan fingerprint density at radius 3 is 2.70 bits per heavy atom. The van der Waals surface area contributed by atoms with Crippen LogP contribution in [0.4, 0.5) is 0 Å². The van der Waals surface area contributed by atoms with Gasteiger partial charge >= 0.3 is 0 Å². The van der Waals surface area contributed by atoms with E-state index in [1.54, 1.807) is 0 Å². The van der Waals surface area contributed by atoms with Crippen molar-refractivity contribution in [3.05, 3.63) is 70.1 Å². The van der Waals surface area contributed by atoms with E-state index in [0.29, 0.717) is 31.2 Å². The SMILES string of the molecule is CCOC1=C(C(=O)N2C[C@H](C)N(Cc3ccccc3)CC2C)C=c2cc[nH]c2=CC1. The zero-order valence-corrected chi connectivity index (χ0v) is 18.1. The molecule has 158 valence electrons. The highest BCUT2D eigenvalue weighted by Crippen LogP contribution is 2.23. The van der Waals surface area contributed by atoms with Crippen LogP contribution in [-0.2, 0) is 16.1 Å². The van der Waals surface area contributed by atoms with E-state index in [4.69, 9.17) is 4.74 Å². The van der Waals surface area contributed by atoms with E-state index in [9.17, 15) is 4.79 Å². The molecule has 1 saturated heterocycles. The molecule has 1 aromatic carbocycles. The van der Waals surface area contributed by atoms with Gasteiger partial charge in [0.25, 0.3) is 5.91 Å². The van der Waals surface area contributed by atoms with E-state index in [1.807, 2.05) is 36.2 Å². The molecule has 2 aromatic rings. The molecule has 0 saturated carbocycles. The highest BCUT2D eigenvalue weighted by Gasteiger charge is 2.34. The minimum absolute atomic E-state index is 0.0691. The quantitative estimate of drug-likeness (QED) is 0.831. The van der Waals surface area contributed by atoms with Crippen LogP contribution < -0.4 is 10.6 Å². The molecule has 1 unspecified atom stereocenters. The molecule has 0 radical (unpaired) electrons. The van der Waals surface area contributed by atoms with Crippen molar-refractivity contribution in [3.8, 4) is 0 Å². The maximum Gasteiger partial charge on any atom is 0.257 e. The van der Waals surface area contributed by atoms with Crippen LogP contribution in [0.15, 0.2) is 53.9 Å². The number of carbonyl (C=O) groups excluding carboxylic acids is 1. The zero-order valence-electron chi connectivity index (χ0n) is 18.1. The van der Waals surface area contributed by atoms with Gasteiger partial charge in [-0.2, -0.15) is 0 Å². The van der Waals surface area contributed by atoms with Crippen LogP contribution >= 0.6 is 0 Å². The summed E-state index contributed by atoms with van der Waals surface area (Å²) in [5, 5.41) is 2.08. The molecule has 0 spiro atoms. The number of H-pyrrole nitrogens is 1. The van der Waals surface area contributed by atoms with E-state index in [2.05, 4.69) is 54.1 Å². The highest BCUT2D eigenvalue weighted by molar-refractivity contribution is 6.02. The first-order valence-electron chi connectivity index (χ1n) is 10.9. The van der Waals surface area contributed by atoms with Gasteiger partial charge in [-0.3, -0.25) is 9.69 Å². The predicted octanol–water partition coefficient (Wildman–Crippen LogP) is 2.39. The molecule has 2 atom stereocenters. The molecule has 1 amide bonds. The van der Waals surface area contributed by atoms with E-state index in [1.165, 1.54) is 5.56 Å². The Bertz CT molecular complexity index is 1040. The summed E-state index contributed by atoms with van der Waals surface area (Å²) in [7, 11) is 0. The van der Waals surface area contributed by atoms with E-state index in [-0.39, 0.29) is 11.9 Å². The number of nitrogens with zero attached hydrogens (tertiary/aromatic N) is 2. The number of nitrogens with one attached hydrogen (secondary N) is 1. The number of ether oxygens (including phenoxy) is 1. The number of aromatic amines is 1. The number of hydrogen-bond acceptors (Lipinski definition) is 3. The molecule has 1 N–H and O–H groups in total. The Labute approximate surface area is 178 Å². The second kappa shape index (κ2) is 8.92. The van der Waals surface area contributed by atoms with Crippen LogP contribution in [0, 0.1) is 0 Å². The standard InChI is InChI=1S/C25H31N3O2/c1-4-30-24-11-10-23-21(12-13-26-23)14-22(24)25(29)28-16-18(2)27(15-19(28)3)17-20-8-6-5-7-9-20/h5-10,12-14,18-19,26H,4,11,15-17H2,1-3H3/t18-,19?/m0/s1. The molecule has 1 fully saturated rings. The maximum absolute atomic E-state index is 13.7. The van der Waals surface area contributed by atoms with Crippen molar-refractivity contribution in [1.29, 1.82) is 0 Å². The van der Waals surface area contributed by atoms with Crippen molar-refractivity contribution >= 4 is 18.1 Å². The monoisotopic (exact) mass is 405 g/mol. The first-order valence-corrected chi connectivity index (χ1v) is 10.9. The Morgan fingerprint density at radius 1 is 1.13 bits per heavy atom. The lowest BCUT2D eigenvalue weighted by molar-refractivity contribution is -0.132. The molecule has 1 aliphatic carbocycles. The number of piperazine rings is 1. The average Bonchev–Trinajstić information content (AvgIpc) is 3.12. The molecule has 5 heteroatoms. The van der Waals surface area contributed by atoms with Crippen molar-refractivity contribution < 1.29 is 9.53 Å². The Kier molecular flexibility index (Phi) is 6.09. The first-order chi connectivity index (χ1) is 14.6. The van der Waals surface area contributed by atoms with Crippen molar-refractivity contribution in [2.24, 2.45) is 0 Å². The van der Waals surface area contributed by atoms with Crippen LogP contribution in [0.3, 0.4) is 0 Å². The summed E-state index contributed by atoms with van der Waals surface area (Å²) in [6.45, 7) is 9.36. The minimum Gasteiger partial charge on any atom is -0.497 e. The van der Waals surface area contributed by atoms with Gasteiger partial charge < -0.3 is 14.6 Å². The molecule has 2 heterocycles. The number of rotatable bonds is 5. The van der Waals surface area contributed by atoms with E-state index < -0.39 is 0 Å². The summed E-state index contributed by atoms with van der Waals surface area (Å²) in [6.07, 6.45) is 6.62. The number of allylic oxidation sites excluding steroid dienone is 1. The number of fused-ring (bicyclic) bond motifs is 1. The van der Waals surface area contributed by atoms with Crippen LogP contribution in [-0.4, -0.2) is 52.5 Å². The van der Waals surface area contributed by atoms with Gasteiger partial charge in [-0.05, 0) is 43.7 Å². The molecule has 5 nitrogen and oxygen atoms in total. The van der Waals surface area contributed by atoms with Gasteiger partial charge in [-0.25, -0.2) is 0 Å². The zero-order chi connectivity index (χ0) is 21.1. The number of hydrogen-bond donors (Lipinski definition) is 1. The molecule has 30 heavy (non-hydrogen) atoms. The highest BCUT2D eigenvalue weighted by atomic mass is 16.5. The first kappa shape index (κ1) is 20.5. The lowest BCUT2D eigenvalue weighted by Crippen LogP contribution is -2.57. The third-order valence-corrected chi connectivity index (χ3v) is 6.06.